The van der Waals surface area contributed by atoms with E-state index in [0.717, 1.165) is 16.9 Å². The molecule has 2 unspecified atom stereocenters. The molecule has 124 valence electrons. The number of benzene rings is 1. The molecule has 23 heavy (non-hydrogen) atoms. The predicted molar refractivity (Wildman–Crippen MR) is 92.9 cm³/mol. The average Bonchev–Trinajstić information content (AvgIpc) is 3.06. The zero-order valence-electron chi connectivity index (χ0n) is 13.7. The summed E-state index contributed by atoms with van der Waals surface area (Å²) >= 11 is 1.57. The lowest BCUT2D eigenvalue weighted by molar-refractivity contribution is -0.122. The summed E-state index contributed by atoms with van der Waals surface area (Å²) in [6.45, 7) is 5.99. The van der Waals surface area contributed by atoms with Gasteiger partial charge in [-0.2, -0.15) is 11.3 Å². The summed E-state index contributed by atoms with van der Waals surface area (Å²) in [6.07, 6.45) is -0.620. The fourth-order valence-electron chi connectivity index (χ4n) is 2.18. The van der Waals surface area contributed by atoms with Crippen LogP contribution in [0.1, 0.15) is 43.9 Å². The van der Waals surface area contributed by atoms with Crippen LogP contribution >= 0.6 is 11.3 Å². The van der Waals surface area contributed by atoms with Gasteiger partial charge in [-0.3, -0.25) is 4.79 Å². The number of rotatable bonds is 7. The van der Waals surface area contributed by atoms with Crippen molar-refractivity contribution in [3.05, 3.63) is 52.2 Å². The lowest BCUT2D eigenvalue weighted by Crippen LogP contribution is -2.31. The SMILES string of the molecule is CC(C)Oc1ccc(C(O)CNC(=O)C(C)c2ccsc2)cc1. The lowest BCUT2D eigenvalue weighted by Gasteiger charge is -2.16. The molecular weight excluding hydrogens is 310 g/mol. The van der Waals surface area contributed by atoms with E-state index in [0.29, 0.717) is 0 Å². The average molecular weight is 333 g/mol. The fraction of sp³-hybridized carbons (Fsp3) is 0.389. The van der Waals surface area contributed by atoms with E-state index in [2.05, 4.69) is 5.32 Å². The molecular formula is C18H23NO3S. The maximum absolute atomic E-state index is 12.1. The Labute approximate surface area is 141 Å². The summed E-state index contributed by atoms with van der Waals surface area (Å²) in [6, 6.07) is 9.23. The van der Waals surface area contributed by atoms with Gasteiger partial charge in [0.25, 0.3) is 0 Å². The van der Waals surface area contributed by atoms with E-state index in [9.17, 15) is 9.90 Å². The zero-order chi connectivity index (χ0) is 16.8. The third kappa shape index (κ3) is 5.08. The molecule has 2 rings (SSSR count). The van der Waals surface area contributed by atoms with Gasteiger partial charge in [0.1, 0.15) is 5.75 Å². The van der Waals surface area contributed by atoms with Gasteiger partial charge in [0.2, 0.25) is 5.91 Å². The first kappa shape index (κ1) is 17.5. The van der Waals surface area contributed by atoms with Crippen molar-refractivity contribution in [1.82, 2.24) is 5.32 Å². The first-order valence-corrected chi connectivity index (χ1v) is 8.66. The van der Waals surface area contributed by atoms with E-state index in [1.807, 2.05) is 61.9 Å². The molecule has 1 aromatic carbocycles. The van der Waals surface area contributed by atoms with Gasteiger partial charge in [-0.15, -0.1) is 0 Å². The van der Waals surface area contributed by atoms with Crippen molar-refractivity contribution in [3.8, 4) is 5.75 Å². The van der Waals surface area contributed by atoms with Gasteiger partial charge in [0, 0.05) is 6.54 Å². The molecule has 0 spiro atoms. The number of carbonyl (C=O) groups excluding carboxylic acids is 1. The van der Waals surface area contributed by atoms with E-state index in [4.69, 9.17) is 4.74 Å². The Morgan fingerprint density at radius 2 is 1.87 bits per heavy atom. The second-order valence-electron chi connectivity index (χ2n) is 5.77. The number of carbonyl (C=O) groups is 1. The molecule has 0 aliphatic carbocycles. The van der Waals surface area contributed by atoms with Crippen LogP contribution in [0.3, 0.4) is 0 Å². The normalized spacial score (nSPS) is 13.6. The number of ether oxygens (including phenoxy) is 1. The quantitative estimate of drug-likeness (QED) is 0.815. The van der Waals surface area contributed by atoms with Crippen LogP contribution in [0, 0.1) is 0 Å². The maximum atomic E-state index is 12.1. The summed E-state index contributed by atoms with van der Waals surface area (Å²) in [7, 11) is 0. The molecule has 0 bridgehead atoms. The highest BCUT2D eigenvalue weighted by Gasteiger charge is 2.17. The van der Waals surface area contributed by atoms with Gasteiger partial charge in [0.15, 0.2) is 0 Å². The Balaban J connectivity index is 1.86. The zero-order valence-corrected chi connectivity index (χ0v) is 14.5. The Morgan fingerprint density at radius 1 is 1.17 bits per heavy atom. The van der Waals surface area contributed by atoms with Crippen LogP contribution in [0.5, 0.6) is 5.75 Å². The largest absolute Gasteiger partial charge is 0.491 e. The molecule has 2 aromatic rings. The molecule has 0 radical (unpaired) electrons. The van der Waals surface area contributed by atoms with Crippen LogP contribution in [-0.4, -0.2) is 23.7 Å². The van der Waals surface area contributed by atoms with Crippen molar-refractivity contribution in [1.29, 1.82) is 0 Å². The standard InChI is InChI=1S/C18H23NO3S/c1-12(2)22-16-6-4-14(5-7-16)17(20)10-19-18(21)13(3)15-8-9-23-11-15/h4-9,11-13,17,20H,10H2,1-3H3,(H,19,21). The second-order valence-corrected chi connectivity index (χ2v) is 6.55. The van der Waals surface area contributed by atoms with Crippen molar-refractivity contribution in [3.63, 3.8) is 0 Å². The van der Waals surface area contributed by atoms with Crippen LogP contribution in [0.4, 0.5) is 0 Å². The third-order valence-electron chi connectivity index (χ3n) is 3.54. The Kier molecular flexibility index (Phi) is 6.19. The highest BCUT2D eigenvalue weighted by Crippen LogP contribution is 2.20. The van der Waals surface area contributed by atoms with Crippen LogP contribution in [-0.2, 0) is 4.79 Å². The minimum absolute atomic E-state index is 0.0813. The fourth-order valence-corrected chi connectivity index (χ4v) is 2.94. The molecule has 5 heteroatoms. The smallest absolute Gasteiger partial charge is 0.227 e. The molecule has 2 atom stereocenters. The van der Waals surface area contributed by atoms with Gasteiger partial charge < -0.3 is 15.2 Å². The number of aliphatic hydroxyl groups is 1. The van der Waals surface area contributed by atoms with E-state index in [1.165, 1.54) is 0 Å². The summed E-state index contributed by atoms with van der Waals surface area (Å²) in [5, 5.41) is 16.9. The van der Waals surface area contributed by atoms with Crippen molar-refractivity contribution >= 4 is 17.2 Å². The molecule has 1 amide bonds. The summed E-state index contributed by atoms with van der Waals surface area (Å²) in [4.78, 5) is 12.1. The molecule has 1 aromatic heterocycles. The molecule has 2 N–H and O–H groups in total. The maximum Gasteiger partial charge on any atom is 0.227 e. The molecule has 1 heterocycles. The number of nitrogens with one attached hydrogen (secondary N) is 1. The van der Waals surface area contributed by atoms with Gasteiger partial charge in [0.05, 0.1) is 18.1 Å². The molecule has 0 aliphatic rings. The van der Waals surface area contributed by atoms with E-state index >= 15 is 0 Å². The van der Waals surface area contributed by atoms with Crippen molar-refractivity contribution in [2.24, 2.45) is 0 Å². The van der Waals surface area contributed by atoms with Gasteiger partial charge >= 0.3 is 0 Å². The molecule has 0 aliphatic heterocycles. The third-order valence-corrected chi connectivity index (χ3v) is 4.24. The van der Waals surface area contributed by atoms with Crippen molar-refractivity contribution < 1.29 is 14.6 Å². The Bertz CT molecular complexity index is 608. The second kappa shape index (κ2) is 8.13. The van der Waals surface area contributed by atoms with Crippen LogP contribution in [0.2, 0.25) is 0 Å². The number of amides is 1. The summed E-state index contributed by atoms with van der Waals surface area (Å²) in [5.74, 6) is 0.476. The minimum atomic E-state index is -0.735. The summed E-state index contributed by atoms with van der Waals surface area (Å²) in [5.41, 5.74) is 1.75. The van der Waals surface area contributed by atoms with Crippen LogP contribution in [0.15, 0.2) is 41.1 Å². The van der Waals surface area contributed by atoms with E-state index in [-0.39, 0.29) is 24.5 Å². The van der Waals surface area contributed by atoms with Crippen LogP contribution < -0.4 is 10.1 Å². The van der Waals surface area contributed by atoms with E-state index in [1.54, 1.807) is 11.3 Å². The number of hydrogen-bond donors (Lipinski definition) is 2. The Morgan fingerprint density at radius 3 is 2.43 bits per heavy atom. The van der Waals surface area contributed by atoms with Gasteiger partial charge in [-0.05, 0) is 60.9 Å². The first-order valence-electron chi connectivity index (χ1n) is 7.72. The molecule has 0 saturated carbocycles. The molecule has 0 saturated heterocycles. The first-order chi connectivity index (χ1) is 11.0. The topological polar surface area (TPSA) is 58.6 Å². The van der Waals surface area contributed by atoms with Crippen molar-refractivity contribution in [2.45, 2.75) is 38.9 Å². The predicted octanol–water partition coefficient (Wildman–Crippen LogP) is 3.49. The number of hydrogen-bond acceptors (Lipinski definition) is 4. The van der Waals surface area contributed by atoms with Crippen molar-refractivity contribution in [2.75, 3.05) is 6.54 Å². The molecule has 0 fully saturated rings. The summed E-state index contributed by atoms with van der Waals surface area (Å²) < 4.78 is 5.57. The Hall–Kier alpha value is -1.85. The van der Waals surface area contributed by atoms with E-state index < -0.39 is 6.10 Å². The molecule has 4 nitrogen and oxygen atoms in total. The number of thiophene rings is 1. The van der Waals surface area contributed by atoms with Gasteiger partial charge in [-0.1, -0.05) is 12.1 Å². The van der Waals surface area contributed by atoms with Crippen LogP contribution in [0.25, 0.3) is 0 Å². The highest BCUT2D eigenvalue weighted by molar-refractivity contribution is 7.08. The highest BCUT2D eigenvalue weighted by atomic mass is 32.1. The van der Waals surface area contributed by atoms with Gasteiger partial charge in [-0.25, -0.2) is 0 Å². The monoisotopic (exact) mass is 333 g/mol. The lowest BCUT2D eigenvalue weighted by atomic mass is 10.0. The minimum Gasteiger partial charge on any atom is -0.491 e. The number of aliphatic hydroxyl groups excluding tert-OH is 1.